The van der Waals surface area contributed by atoms with Crippen molar-refractivity contribution in [1.29, 1.82) is 0 Å². The maximum absolute atomic E-state index is 5.82. The molecule has 0 aliphatic carbocycles. The van der Waals surface area contributed by atoms with Crippen LogP contribution in [0.5, 0.6) is 0 Å². The molecule has 1 rings (SSSR count). The maximum atomic E-state index is 5.82. The second-order valence-corrected chi connectivity index (χ2v) is 4.01. The highest BCUT2D eigenvalue weighted by atomic mass is 16.5. The number of nitrogens with one attached hydrogen (secondary N) is 1. The highest BCUT2D eigenvalue weighted by Crippen LogP contribution is 2.07. The van der Waals surface area contributed by atoms with Crippen LogP contribution in [0, 0.1) is 0 Å². The molecule has 0 saturated heterocycles. The third kappa shape index (κ3) is 5.33. The standard InChI is InChI=1S/C13H23NO2/c1-3-6-12(10-14-8-4-2)16-11-13-7-5-9-15-13/h5,7,9,12,14H,3-4,6,8,10-11H2,1-2H3. The molecule has 0 spiro atoms. The minimum Gasteiger partial charge on any atom is -0.467 e. The number of hydrogen-bond acceptors (Lipinski definition) is 3. The van der Waals surface area contributed by atoms with Gasteiger partial charge in [0, 0.05) is 6.54 Å². The van der Waals surface area contributed by atoms with Crippen molar-refractivity contribution in [1.82, 2.24) is 5.32 Å². The molecule has 0 bridgehead atoms. The Kier molecular flexibility index (Phi) is 6.93. The van der Waals surface area contributed by atoms with E-state index >= 15 is 0 Å². The molecule has 0 radical (unpaired) electrons. The van der Waals surface area contributed by atoms with Crippen molar-refractivity contribution in [2.24, 2.45) is 0 Å². The normalized spacial score (nSPS) is 12.9. The fraction of sp³-hybridized carbons (Fsp3) is 0.692. The van der Waals surface area contributed by atoms with Crippen molar-refractivity contribution in [3.8, 4) is 0 Å². The highest BCUT2D eigenvalue weighted by Gasteiger charge is 2.08. The number of furan rings is 1. The zero-order chi connectivity index (χ0) is 11.6. The van der Waals surface area contributed by atoms with E-state index in [1.54, 1.807) is 6.26 Å². The molecule has 0 fully saturated rings. The second kappa shape index (κ2) is 8.36. The second-order valence-electron chi connectivity index (χ2n) is 4.01. The first-order valence-electron chi connectivity index (χ1n) is 6.21. The molecular weight excluding hydrogens is 202 g/mol. The molecule has 1 atom stereocenters. The molecule has 16 heavy (non-hydrogen) atoms. The summed E-state index contributed by atoms with van der Waals surface area (Å²) in [5, 5.41) is 3.39. The van der Waals surface area contributed by atoms with Gasteiger partial charge in [-0.25, -0.2) is 0 Å². The Hall–Kier alpha value is -0.800. The first-order valence-corrected chi connectivity index (χ1v) is 6.21. The summed E-state index contributed by atoms with van der Waals surface area (Å²) in [5.41, 5.74) is 0. The molecule has 0 saturated carbocycles. The molecule has 1 heterocycles. The molecule has 1 aromatic heterocycles. The van der Waals surface area contributed by atoms with Crippen molar-refractivity contribution in [2.45, 2.75) is 45.8 Å². The third-order valence-electron chi connectivity index (χ3n) is 2.45. The Morgan fingerprint density at radius 2 is 2.25 bits per heavy atom. The van der Waals surface area contributed by atoms with Gasteiger partial charge in [-0.2, -0.15) is 0 Å². The van der Waals surface area contributed by atoms with Gasteiger partial charge in [0.2, 0.25) is 0 Å². The van der Waals surface area contributed by atoms with E-state index in [1.165, 1.54) is 0 Å². The van der Waals surface area contributed by atoms with E-state index in [0.29, 0.717) is 12.7 Å². The average Bonchev–Trinajstić information content (AvgIpc) is 2.79. The van der Waals surface area contributed by atoms with Gasteiger partial charge in [-0.3, -0.25) is 0 Å². The van der Waals surface area contributed by atoms with Crippen molar-refractivity contribution < 1.29 is 9.15 Å². The quantitative estimate of drug-likeness (QED) is 0.656. The molecule has 1 aromatic rings. The molecule has 0 amide bonds. The fourth-order valence-corrected chi connectivity index (χ4v) is 1.60. The maximum Gasteiger partial charge on any atom is 0.129 e. The van der Waals surface area contributed by atoms with E-state index in [2.05, 4.69) is 19.2 Å². The summed E-state index contributed by atoms with van der Waals surface area (Å²) in [6.45, 7) is 6.92. The SMILES string of the molecule is CCCNCC(CCC)OCc1ccco1. The van der Waals surface area contributed by atoms with E-state index < -0.39 is 0 Å². The molecule has 3 heteroatoms. The summed E-state index contributed by atoms with van der Waals surface area (Å²) in [4.78, 5) is 0. The summed E-state index contributed by atoms with van der Waals surface area (Å²) < 4.78 is 11.1. The van der Waals surface area contributed by atoms with Crippen LogP contribution in [0.3, 0.4) is 0 Å². The lowest BCUT2D eigenvalue weighted by molar-refractivity contribution is 0.0258. The van der Waals surface area contributed by atoms with Gasteiger partial charge in [0.15, 0.2) is 0 Å². The van der Waals surface area contributed by atoms with Crippen LogP contribution in [-0.2, 0) is 11.3 Å². The minimum atomic E-state index is 0.293. The van der Waals surface area contributed by atoms with Gasteiger partial charge in [0.1, 0.15) is 12.4 Å². The van der Waals surface area contributed by atoms with Crippen LogP contribution >= 0.6 is 0 Å². The predicted molar refractivity (Wildman–Crippen MR) is 65.4 cm³/mol. The summed E-state index contributed by atoms with van der Waals surface area (Å²) in [6.07, 6.45) is 5.38. The van der Waals surface area contributed by atoms with Crippen LogP contribution in [0.15, 0.2) is 22.8 Å². The van der Waals surface area contributed by atoms with Crippen LogP contribution in [0.2, 0.25) is 0 Å². The Morgan fingerprint density at radius 3 is 2.88 bits per heavy atom. The lowest BCUT2D eigenvalue weighted by Crippen LogP contribution is -2.29. The topological polar surface area (TPSA) is 34.4 Å². The van der Waals surface area contributed by atoms with Gasteiger partial charge in [0.25, 0.3) is 0 Å². The molecular formula is C13H23NO2. The van der Waals surface area contributed by atoms with E-state index in [-0.39, 0.29) is 0 Å². The molecule has 0 aliphatic heterocycles. The number of rotatable bonds is 9. The van der Waals surface area contributed by atoms with Gasteiger partial charge in [-0.05, 0) is 31.5 Å². The summed E-state index contributed by atoms with van der Waals surface area (Å²) in [5.74, 6) is 0.900. The van der Waals surface area contributed by atoms with Gasteiger partial charge < -0.3 is 14.5 Å². The first-order chi connectivity index (χ1) is 7.86. The van der Waals surface area contributed by atoms with Crippen molar-refractivity contribution in [2.75, 3.05) is 13.1 Å². The fourth-order valence-electron chi connectivity index (χ4n) is 1.60. The number of hydrogen-bond donors (Lipinski definition) is 1. The largest absolute Gasteiger partial charge is 0.467 e. The lowest BCUT2D eigenvalue weighted by atomic mass is 10.2. The van der Waals surface area contributed by atoms with Crippen LogP contribution < -0.4 is 5.32 Å². The Morgan fingerprint density at radius 1 is 1.38 bits per heavy atom. The van der Waals surface area contributed by atoms with Gasteiger partial charge in [0.05, 0.1) is 12.4 Å². The lowest BCUT2D eigenvalue weighted by Gasteiger charge is -2.17. The van der Waals surface area contributed by atoms with Crippen LogP contribution in [0.4, 0.5) is 0 Å². The average molecular weight is 225 g/mol. The van der Waals surface area contributed by atoms with Crippen molar-refractivity contribution >= 4 is 0 Å². The zero-order valence-electron chi connectivity index (χ0n) is 10.4. The highest BCUT2D eigenvalue weighted by molar-refractivity contribution is 4.96. The van der Waals surface area contributed by atoms with Crippen LogP contribution in [0.1, 0.15) is 38.9 Å². The monoisotopic (exact) mass is 225 g/mol. The third-order valence-corrected chi connectivity index (χ3v) is 2.45. The molecule has 92 valence electrons. The van der Waals surface area contributed by atoms with E-state index in [1.807, 2.05) is 12.1 Å². The van der Waals surface area contributed by atoms with Gasteiger partial charge >= 0.3 is 0 Å². The van der Waals surface area contributed by atoms with E-state index in [0.717, 1.165) is 38.1 Å². The minimum absolute atomic E-state index is 0.293. The summed E-state index contributed by atoms with van der Waals surface area (Å²) in [7, 11) is 0. The number of ether oxygens (including phenoxy) is 1. The predicted octanol–water partition coefficient (Wildman–Crippen LogP) is 2.96. The molecule has 3 nitrogen and oxygen atoms in total. The summed E-state index contributed by atoms with van der Waals surface area (Å²) in [6, 6.07) is 3.84. The van der Waals surface area contributed by atoms with Gasteiger partial charge in [-0.15, -0.1) is 0 Å². The molecule has 1 unspecified atom stereocenters. The van der Waals surface area contributed by atoms with Crippen molar-refractivity contribution in [3.63, 3.8) is 0 Å². The first kappa shape index (κ1) is 13.3. The Bertz CT molecular complexity index is 246. The van der Waals surface area contributed by atoms with Crippen LogP contribution in [-0.4, -0.2) is 19.2 Å². The van der Waals surface area contributed by atoms with Gasteiger partial charge in [-0.1, -0.05) is 20.3 Å². The molecule has 0 aromatic carbocycles. The van der Waals surface area contributed by atoms with E-state index in [4.69, 9.17) is 9.15 Å². The molecule has 1 N–H and O–H groups in total. The molecule has 0 aliphatic rings. The smallest absolute Gasteiger partial charge is 0.129 e. The van der Waals surface area contributed by atoms with E-state index in [9.17, 15) is 0 Å². The Balaban J connectivity index is 2.21. The Labute approximate surface area is 98.2 Å². The zero-order valence-corrected chi connectivity index (χ0v) is 10.4. The van der Waals surface area contributed by atoms with Crippen molar-refractivity contribution in [3.05, 3.63) is 24.2 Å². The summed E-state index contributed by atoms with van der Waals surface area (Å²) >= 11 is 0. The van der Waals surface area contributed by atoms with Crippen LogP contribution in [0.25, 0.3) is 0 Å².